The Balaban J connectivity index is 3.10. The molecule has 0 heteroatoms. The lowest BCUT2D eigenvalue weighted by molar-refractivity contribution is 0.417. The van der Waals surface area contributed by atoms with E-state index in [9.17, 15) is 0 Å². The van der Waals surface area contributed by atoms with E-state index in [0.29, 0.717) is 0 Å². The largest absolute Gasteiger partial charge is 0.0654 e. The molecule has 0 aliphatic heterocycles. The second kappa shape index (κ2) is 16.4. The molecule has 1 atom stereocenters. The standard InChI is InChI=1S/C21H44/c1-5-6-7-8-9-10-11-12-13-14-15-18-21(4)19-16-17-20(2)3/h20-21H,5-19H2,1-4H3. The molecule has 0 N–H and O–H groups in total. The van der Waals surface area contributed by atoms with Gasteiger partial charge in [-0.1, -0.05) is 124 Å². The SMILES string of the molecule is CCCCCCCCCCCCCC(C)CCCC(C)C. The molecular weight excluding hydrogens is 252 g/mol. The Morgan fingerprint density at radius 3 is 1.38 bits per heavy atom. The minimum absolute atomic E-state index is 0.888. The van der Waals surface area contributed by atoms with E-state index < -0.39 is 0 Å². The van der Waals surface area contributed by atoms with Crippen molar-refractivity contribution in [3.05, 3.63) is 0 Å². The van der Waals surface area contributed by atoms with Gasteiger partial charge in [0.2, 0.25) is 0 Å². The summed E-state index contributed by atoms with van der Waals surface area (Å²) in [5.41, 5.74) is 0. The lowest BCUT2D eigenvalue weighted by atomic mass is 9.95. The van der Waals surface area contributed by atoms with Crippen LogP contribution in [0.2, 0.25) is 0 Å². The van der Waals surface area contributed by atoms with Crippen LogP contribution in [0, 0.1) is 11.8 Å². The second-order valence-corrected chi connectivity index (χ2v) is 7.75. The van der Waals surface area contributed by atoms with E-state index in [2.05, 4.69) is 27.7 Å². The molecule has 0 saturated carbocycles. The first-order valence-electron chi connectivity index (χ1n) is 10.2. The van der Waals surface area contributed by atoms with Gasteiger partial charge in [0.1, 0.15) is 0 Å². The average molecular weight is 297 g/mol. The van der Waals surface area contributed by atoms with Crippen LogP contribution in [0.4, 0.5) is 0 Å². The first-order chi connectivity index (χ1) is 10.2. The number of hydrogen-bond donors (Lipinski definition) is 0. The molecule has 0 radical (unpaired) electrons. The van der Waals surface area contributed by atoms with Crippen molar-refractivity contribution >= 4 is 0 Å². The first kappa shape index (κ1) is 21.0. The van der Waals surface area contributed by atoms with E-state index in [1.54, 1.807) is 0 Å². The van der Waals surface area contributed by atoms with Crippen LogP contribution in [0.3, 0.4) is 0 Å². The molecule has 0 nitrogen and oxygen atoms in total. The second-order valence-electron chi connectivity index (χ2n) is 7.75. The van der Waals surface area contributed by atoms with Crippen LogP contribution in [0.15, 0.2) is 0 Å². The predicted octanol–water partition coefficient (Wildman–Crippen LogP) is 8.15. The molecule has 0 amide bonds. The summed E-state index contributed by atoms with van der Waals surface area (Å²) in [4.78, 5) is 0. The normalized spacial score (nSPS) is 13.0. The number of rotatable bonds is 16. The summed E-state index contributed by atoms with van der Waals surface area (Å²) < 4.78 is 0. The van der Waals surface area contributed by atoms with Crippen molar-refractivity contribution in [1.82, 2.24) is 0 Å². The maximum absolute atomic E-state index is 2.45. The van der Waals surface area contributed by atoms with Crippen molar-refractivity contribution in [3.63, 3.8) is 0 Å². The minimum Gasteiger partial charge on any atom is -0.0654 e. The molecule has 128 valence electrons. The van der Waals surface area contributed by atoms with Crippen LogP contribution in [0.5, 0.6) is 0 Å². The molecule has 0 aliphatic carbocycles. The summed E-state index contributed by atoms with van der Waals surface area (Å²) in [5, 5.41) is 0. The molecule has 0 spiro atoms. The number of unbranched alkanes of at least 4 members (excludes halogenated alkanes) is 10. The zero-order valence-electron chi connectivity index (χ0n) is 15.8. The maximum atomic E-state index is 2.45. The third-order valence-corrected chi connectivity index (χ3v) is 4.78. The van der Waals surface area contributed by atoms with E-state index >= 15 is 0 Å². The van der Waals surface area contributed by atoms with Gasteiger partial charge in [-0.3, -0.25) is 0 Å². The van der Waals surface area contributed by atoms with Gasteiger partial charge in [0, 0.05) is 0 Å². The van der Waals surface area contributed by atoms with Crippen molar-refractivity contribution in [2.45, 2.75) is 124 Å². The van der Waals surface area contributed by atoms with Crippen LogP contribution in [0.1, 0.15) is 124 Å². The van der Waals surface area contributed by atoms with Crippen LogP contribution >= 0.6 is 0 Å². The van der Waals surface area contributed by atoms with Gasteiger partial charge in [-0.15, -0.1) is 0 Å². The highest BCUT2D eigenvalue weighted by Gasteiger charge is 2.03. The van der Waals surface area contributed by atoms with E-state index in [1.165, 1.54) is 96.3 Å². The van der Waals surface area contributed by atoms with E-state index in [4.69, 9.17) is 0 Å². The van der Waals surface area contributed by atoms with E-state index in [0.717, 1.165) is 11.8 Å². The average Bonchev–Trinajstić information content (AvgIpc) is 2.44. The van der Waals surface area contributed by atoms with Gasteiger partial charge in [0.05, 0.1) is 0 Å². The van der Waals surface area contributed by atoms with Crippen LogP contribution < -0.4 is 0 Å². The highest BCUT2D eigenvalue weighted by Crippen LogP contribution is 2.19. The summed E-state index contributed by atoms with van der Waals surface area (Å²) in [6.45, 7) is 9.44. The third kappa shape index (κ3) is 18.0. The number of hydrogen-bond acceptors (Lipinski definition) is 0. The molecule has 0 fully saturated rings. The predicted molar refractivity (Wildman–Crippen MR) is 98.9 cm³/mol. The third-order valence-electron chi connectivity index (χ3n) is 4.78. The highest BCUT2D eigenvalue weighted by atomic mass is 14.1. The quantitative estimate of drug-likeness (QED) is 0.252. The Kier molecular flexibility index (Phi) is 16.4. The zero-order chi connectivity index (χ0) is 15.8. The highest BCUT2D eigenvalue weighted by molar-refractivity contribution is 4.56. The van der Waals surface area contributed by atoms with Crippen molar-refractivity contribution in [2.24, 2.45) is 11.8 Å². The molecule has 0 saturated heterocycles. The molecular formula is C21H44. The van der Waals surface area contributed by atoms with Gasteiger partial charge >= 0.3 is 0 Å². The summed E-state index contributed by atoms with van der Waals surface area (Å²) >= 11 is 0. The monoisotopic (exact) mass is 296 g/mol. The lowest BCUT2D eigenvalue weighted by Crippen LogP contribution is -1.96. The topological polar surface area (TPSA) is 0 Å². The molecule has 0 aromatic rings. The first-order valence-corrected chi connectivity index (χ1v) is 10.2. The van der Waals surface area contributed by atoms with E-state index in [-0.39, 0.29) is 0 Å². The maximum Gasteiger partial charge on any atom is -0.0443 e. The van der Waals surface area contributed by atoms with Gasteiger partial charge in [-0.2, -0.15) is 0 Å². The molecule has 0 rings (SSSR count). The molecule has 1 unspecified atom stereocenters. The molecule has 0 heterocycles. The summed E-state index contributed by atoms with van der Waals surface area (Å²) in [7, 11) is 0. The van der Waals surface area contributed by atoms with Crippen molar-refractivity contribution in [1.29, 1.82) is 0 Å². The van der Waals surface area contributed by atoms with Gasteiger partial charge < -0.3 is 0 Å². The smallest absolute Gasteiger partial charge is 0.0443 e. The summed E-state index contributed by atoms with van der Waals surface area (Å²) in [6, 6.07) is 0. The summed E-state index contributed by atoms with van der Waals surface area (Å²) in [6.07, 6.45) is 21.9. The Morgan fingerprint density at radius 2 is 0.905 bits per heavy atom. The molecule has 0 aliphatic rings. The fourth-order valence-electron chi connectivity index (χ4n) is 3.18. The van der Waals surface area contributed by atoms with Gasteiger partial charge in [0.25, 0.3) is 0 Å². The van der Waals surface area contributed by atoms with Crippen LogP contribution in [-0.2, 0) is 0 Å². The Bertz CT molecular complexity index is 182. The van der Waals surface area contributed by atoms with Crippen molar-refractivity contribution in [3.8, 4) is 0 Å². The molecule has 0 bridgehead atoms. The summed E-state index contributed by atoms with van der Waals surface area (Å²) in [5.74, 6) is 1.85. The van der Waals surface area contributed by atoms with Gasteiger partial charge in [-0.25, -0.2) is 0 Å². The Hall–Kier alpha value is 0. The van der Waals surface area contributed by atoms with E-state index in [1.807, 2.05) is 0 Å². The van der Waals surface area contributed by atoms with Crippen molar-refractivity contribution in [2.75, 3.05) is 0 Å². The van der Waals surface area contributed by atoms with Crippen molar-refractivity contribution < 1.29 is 0 Å². The van der Waals surface area contributed by atoms with Gasteiger partial charge in [-0.05, 0) is 11.8 Å². The van der Waals surface area contributed by atoms with Crippen LogP contribution in [0.25, 0.3) is 0 Å². The Morgan fingerprint density at radius 1 is 0.476 bits per heavy atom. The minimum atomic E-state index is 0.888. The molecule has 0 aromatic carbocycles. The zero-order valence-corrected chi connectivity index (χ0v) is 15.8. The fourth-order valence-corrected chi connectivity index (χ4v) is 3.18. The molecule has 21 heavy (non-hydrogen) atoms. The lowest BCUT2D eigenvalue weighted by Gasteiger charge is -2.12. The Labute approximate surface area is 136 Å². The fraction of sp³-hybridized carbons (Fsp3) is 1.00. The van der Waals surface area contributed by atoms with Crippen LogP contribution in [-0.4, -0.2) is 0 Å². The van der Waals surface area contributed by atoms with Gasteiger partial charge in [0.15, 0.2) is 0 Å². The molecule has 0 aromatic heterocycles.